The Bertz CT molecular complexity index is 655. The molecule has 1 saturated carbocycles. The van der Waals surface area contributed by atoms with E-state index in [-0.39, 0.29) is 17.1 Å². The summed E-state index contributed by atoms with van der Waals surface area (Å²) in [6, 6.07) is 0. The van der Waals surface area contributed by atoms with Crippen LogP contribution in [0.2, 0.25) is 0 Å². The Balaban J connectivity index is 1.90. The molecule has 4 nitrogen and oxygen atoms in total. The summed E-state index contributed by atoms with van der Waals surface area (Å²) < 4.78 is 0. The number of allylic oxidation sites excluding steroid dienone is 2. The quantitative estimate of drug-likeness (QED) is 0.834. The number of ketones is 1. The van der Waals surface area contributed by atoms with E-state index in [1.807, 2.05) is 24.9 Å². The van der Waals surface area contributed by atoms with Gasteiger partial charge in [-0.15, -0.1) is 0 Å². The first-order valence-electron chi connectivity index (χ1n) is 6.85. The molecule has 0 bridgehead atoms. The fraction of sp³-hybridized carbons (Fsp3) is 0.467. The molecule has 0 aromatic carbocycles. The van der Waals surface area contributed by atoms with Crippen LogP contribution >= 0.6 is 0 Å². The minimum Gasteiger partial charge on any atom is -0.358 e. The Hall–Kier alpha value is -1.84. The Morgan fingerprint density at radius 2 is 2.37 bits per heavy atom. The molecule has 3 aliphatic rings. The first kappa shape index (κ1) is 11.0. The van der Waals surface area contributed by atoms with Crippen molar-refractivity contribution in [1.29, 1.82) is 0 Å². The second-order valence-electron chi connectivity index (χ2n) is 5.85. The summed E-state index contributed by atoms with van der Waals surface area (Å²) in [7, 11) is 0. The summed E-state index contributed by atoms with van der Waals surface area (Å²) >= 11 is 0. The van der Waals surface area contributed by atoms with E-state index >= 15 is 0 Å². The normalized spacial score (nSPS) is 30.6. The van der Waals surface area contributed by atoms with Gasteiger partial charge in [0.2, 0.25) is 11.7 Å². The van der Waals surface area contributed by atoms with Crippen LogP contribution in [0.4, 0.5) is 0 Å². The summed E-state index contributed by atoms with van der Waals surface area (Å²) in [4.78, 5) is 29.2. The van der Waals surface area contributed by atoms with Crippen LogP contribution in [-0.2, 0) is 10.2 Å². The number of carbonyl (C=O) groups is 2. The maximum atomic E-state index is 12.2. The molecule has 4 rings (SSSR count). The molecule has 2 unspecified atom stereocenters. The third kappa shape index (κ3) is 1.10. The Morgan fingerprint density at radius 1 is 1.58 bits per heavy atom. The summed E-state index contributed by atoms with van der Waals surface area (Å²) in [5.74, 6) is 0.628. The lowest BCUT2D eigenvalue weighted by Gasteiger charge is -2.28. The fourth-order valence-corrected chi connectivity index (χ4v) is 3.98. The fourth-order valence-electron chi connectivity index (χ4n) is 3.98. The van der Waals surface area contributed by atoms with Crippen LogP contribution in [0, 0.1) is 12.8 Å². The van der Waals surface area contributed by atoms with Crippen molar-refractivity contribution < 1.29 is 9.59 Å². The minimum atomic E-state index is -0.0435. The maximum absolute atomic E-state index is 12.2. The number of aryl methyl sites for hydroxylation is 1. The maximum Gasteiger partial charge on any atom is 0.226 e. The summed E-state index contributed by atoms with van der Waals surface area (Å²) in [6.45, 7) is 4.69. The van der Waals surface area contributed by atoms with Crippen LogP contribution in [-0.4, -0.2) is 28.1 Å². The van der Waals surface area contributed by atoms with Crippen molar-refractivity contribution >= 4 is 11.7 Å². The number of H-pyrrole nitrogens is 1. The van der Waals surface area contributed by atoms with E-state index in [4.69, 9.17) is 0 Å². The van der Waals surface area contributed by atoms with Crippen LogP contribution in [0.25, 0.3) is 0 Å². The molecule has 1 aromatic heterocycles. The largest absolute Gasteiger partial charge is 0.358 e. The number of nitrogens with zero attached hydrogens (tertiary/aromatic N) is 1. The number of hydrogen-bond donors (Lipinski definition) is 1. The summed E-state index contributed by atoms with van der Waals surface area (Å²) in [5, 5.41) is 0. The molecule has 0 radical (unpaired) electrons. The molecular weight excluding hydrogens is 240 g/mol. The number of aromatic nitrogens is 1. The van der Waals surface area contributed by atoms with Gasteiger partial charge in [0, 0.05) is 36.4 Å². The lowest BCUT2D eigenvalue weighted by molar-refractivity contribution is -0.128. The van der Waals surface area contributed by atoms with E-state index in [2.05, 4.69) is 4.98 Å². The molecule has 1 saturated heterocycles. The van der Waals surface area contributed by atoms with Gasteiger partial charge in [-0.2, -0.15) is 0 Å². The highest BCUT2D eigenvalue weighted by atomic mass is 16.2. The summed E-state index contributed by atoms with van der Waals surface area (Å²) in [6.07, 6.45) is 5.16. The van der Waals surface area contributed by atoms with Crippen LogP contribution in [0.1, 0.15) is 41.4 Å². The molecule has 4 heteroatoms. The van der Waals surface area contributed by atoms with Gasteiger partial charge in [0.15, 0.2) is 0 Å². The molecule has 2 aliphatic carbocycles. The van der Waals surface area contributed by atoms with Gasteiger partial charge in [-0.1, -0.05) is 6.92 Å². The van der Waals surface area contributed by atoms with Gasteiger partial charge in [0.25, 0.3) is 0 Å². The van der Waals surface area contributed by atoms with Gasteiger partial charge >= 0.3 is 0 Å². The van der Waals surface area contributed by atoms with Crippen LogP contribution in [0.15, 0.2) is 18.0 Å². The number of rotatable bonds is 1. The summed E-state index contributed by atoms with van der Waals surface area (Å²) in [5.41, 5.74) is 3.92. The second kappa shape index (κ2) is 3.18. The van der Waals surface area contributed by atoms with E-state index < -0.39 is 0 Å². The monoisotopic (exact) mass is 256 g/mol. The smallest absolute Gasteiger partial charge is 0.226 e. The molecule has 2 fully saturated rings. The number of likely N-dealkylation sites (tertiary alicyclic amines) is 1. The Labute approximate surface area is 111 Å². The first-order valence-corrected chi connectivity index (χ1v) is 6.85. The number of fused-ring (bicyclic) bond motifs is 1. The Kier molecular flexibility index (Phi) is 1.85. The van der Waals surface area contributed by atoms with Gasteiger partial charge in [-0.3, -0.25) is 9.59 Å². The van der Waals surface area contributed by atoms with E-state index in [9.17, 15) is 9.59 Å². The highest BCUT2D eigenvalue weighted by Gasteiger charge is 2.67. The zero-order chi connectivity index (χ0) is 13.4. The second-order valence-corrected chi connectivity index (χ2v) is 5.85. The van der Waals surface area contributed by atoms with Crippen molar-refractivity contribution in [3.05, 3.63) is 34.8 Å². The van der Waals surface area contributed by atoms with Crippen LogP contribution < -0.4 is 0 Å². The molecule has 2 heterocycles. The van der Waals surface area contributed by atoms with Crippen molar-refractivity contribution in [3.8, 4) is 0 Å². The highest BCUT2D eigenvalue weighted by molar-refractivity contribution is 6.08. The van der Waals surface area contributed by atoms with E-state index in [1.165, 1.54) is 0 Å². The predicted octanol–water partition coefficient (Wildman–Crippen LogP) is 1.91. The predicted molar refractivity (Wildman–Crippen MR) is 69.7 cm³/mol. The first-order chi connectivity index (χ1) is 9.09. The van der Waals surface area contributed by atoms with Crippen molar-refractivity contribution in [2.75, 3.05) is 6.54 Å². The third-order valence-corrected chi connectivity index (χ3v) is 4.90. The van der Waals surface area contributed by atoms with Gasteiger partial charge in [-0.25, -0.2) is 0 Å². The van der Waals surface area contributed by atoms with Gasteiger partial charge in [0.1, 0.15) is 0 Å². The van der Waals surface area contributed by atoms with Crippen molar-refractivity contribution in [2.45, 2.75) is 32.1 Å². The average molecular weight is 256 g/mol. The van der Waals surface area contributed by atoms with Gasteiger partial charge in [-0.05, 0) is 30.4 Å². The van der Waals surface area contributed by atoms with E-state index in [1.54, 1.807) is 6.08 Å². The number of carbonyl (C=O) groups excluding carboxylic acids is 2. The SMILES string of the molecule is CCC(=O)N1CC2CC23C1=CC(=O)c1[nH]cc(C)c13. The molecule has 1 aromatic rings. The molecule has 1 amide bonds. The minimum absolute atomic E-state index is 0.00479. The Morgan fingerprint density at radius 3 is 3.11 bits per heavy atom. The molecular formula is C15H16N2O2. The standard InChI is InChI=1S/C15H16N2O2/c1-3-12(19)17-7-9-5-15(9)11(17)4-10(18)14-13(15)8(2)6-16-14/h4,6,9,16H,3,5,7H2,1-2H3. The lowest BCUT2D eigenvalue weighted by Crippen LogP contribution is -2.33. The molecule has 1 N–H and O–H groups in total. The highest BCUT2D eigenvalue weighted by Crippen LogP contribution is 2.67. The van der Waals surface area contributed by atoms with E-state index in [0.29, 0.717) is 12.3 Å². The number of nitrogens with one attached hydrogen (secondary N) is 1. The molecule has 1 spiro atoms. The zero-order valence-corrected chi connectivity index (χ0v) is 11.1. The number of amides is 1. The number of hydrogen-bond acceptors (Lipinski definition) is 2. The van der Waals surface area contributed by atoms with Crippen molar-refractivity contribution in [3.63, 3.8) is 0 Å². The van der Waals surface area contributed by atoms with Crippen molar-refractivity contribution in [1.82, 2.24) is 9.88 Å². The average Bonchev–Trinajstić information content (AvgIpc) is 2.79. The van der Waals surface area contributed by atoms with Crippen LogP contribution in [0.5, 0.6) is 0 Å². The van der Waals surface area contributed by atoms with E-state index in [0.717, 1.165) is 35.5 Å². The molecule has 98 valence electrons. The topological polar surface area (TPSA) is 53.2 Å². The zero-order valence-electron chi connectivity index (χ0n) is 11.1. The van der Waals surface area contributed by atoms with Gasteiger partial charge < -0.3 is 9.88 Å². The number of aromatic amines is 1. The lowest BCUT2D eigenvalue weighted by atomic mass is 9.83. The van der Waals surface area contributed by atoms with Crippen molar-refractivity contribution in [2.24, 2.45) is 5.92 Å². The molecule has 2 atom stereocenters. The molecule has 1 aliphatic heterocycles. The number of piperidine rings is 1. The third-order valence-electron chi connectivity index (χ3n) is 4.90. The molecule has 19 heavy (non-hydrogen) atoms. The van der Waals surface area contributed by atoms with Gasteiger partial charge in [0.05, 0.1) is 5.69 Å². The van der Waals surface area contributed by atoms with Crippen LogP contribution in [0.3, 0.4) is 0 Å².